The van der Waals surface area contributed by atoms with Crippen molar-refractivity contribution in [3.8, 4) is 40.1 Å². The zero-order valence-corrected chi connectivity index (χ0v) is 16.9. The lowest BCUT2D eigenvalue weighted by molar-refractivity contribution is -0.271. The van der Waals surface area contributed by atoms with Crippen LogP contribution in [0.1, 0.15) is 0 Å². The fourth-order valence-electron chi connectivity index (χ4n) is 3.50. The van der Waals surface area contributed by atoms with Gasteiger partial charge in [-0.15, -0.1) is 0 Å². The molecule has 2 aromatic carbocycles. The molecule has 4 rings (SSSR count). The molecule has 8 N–H and O–H groups in total. The molecule has 0 unspecified atom stereocenters. The second kappa shape index (κ2) is 8.39. The summed E-state index contributed by atoms with van der Waals surface area (Å²) in [5.41, 5.74) is -1.40. The molecule has 2 heterocycles. The Morgan fingerprint density at radius 2 is 1.59 bits per heavy atom. The number of carboxylic acids is 1. The van der Waals surface area contributed by atoms with Crippen molar-refractivity contribution in [2.24, 2.45) is 0 Å². The molecule has 5 atom stereocenters. The van der Waals surface area contributed by atoms with Crippen molar-refractivity contribution in [3.05, 3.63) is 40.6 Å². The van der Waals surface area contributed by atoms with Crippen LogP contribution in [-0.4, -0.2) is 77.5 Å². The van der Waals surface area contributed by atoms with Crippen molar-refractivity contribution in [1.82, 2.24) is 0 Å². The number of ether oxygens (including phenoxy) is 2. The second-order valence-corrected chi connectivity index (χ2v) is 7.48. The Kier molecular flexibility index (Phi) is 5.70. The highest BCUT2D eigenvalue weighted by Gasteiger charge is 2.48. The minimum Gasteiger partial charge on any atom is -0.508 e. The maximum absolute atomic E-state index is 13.2. The van der Waals surface area contributed by atoms with Crippen molar-refractivity contribution < 1.29 is 59.5 Å². The molecule has 13 heteroatoms. The van der Waals surface area contributed by atoms with Crippen LogP contribution in [0.2, 0.25) is 0 Å². The fraction of sp³-hybridized carbons (Fsp3) is 0.238. The monoisotopic (exact) mass is 478 g/mol. The van der Waals surface area contributed by atoms with Crippen molar-refractivity contribution in [2.45, 2.75) is 30.7 Å². The first kappa shape index (κ1) is 23.1. The topological polar surface area (TPSA) is 228 Å². The number of aliphatic carboxylic acids is 1. The van der Waals surface area contributed by atoms with Crippen LogP contribution in [0.15, 0.2) is 39.5 Å². The quantitative estimate of drug-likeness (QED) is 0.223. The molecule has 1 aliphatic rings. The van der Waals surface area contributed by atoms with Gasteiger partial charge in [-0.3, -0.25) is 4.79 Å². The Bertz CT molecular complexity index is 1330. The van der Waals surface area contributed by atoms with Gasteiger partial charge in [-0.05, 0) is 18.2 Å². The summed E-state index contributed by atoms with van der Waals surface area (Å²) in [6.45, 7) is 0. The molecule has 34 heavy (non-hydrogen) atoms. The van der Waals surface area contributed by atoms with Crippen LogP contribution in [0.5, 0.6) is 28.7 Å². The number of benzene rings is 2. The van der Waals surface area contributed by atoms with Gasteiger partial charge in [-0.1, -0.05) is 0 Å². The van der Waals surface area contributed by atoms with Crippen molar-refractivity contribution in [2.75, 3.05) is 0 Å². The Morgan fingerprint density at radius 1 is 0.882 bits per heavy atom. The standard InChI is InChI=1S/C21H18O13/c22-7-4-10(25)12-11(5-7)32-17(6-1-2-8(23)9(24)3-6)18(13(12)26)33-21-16(29)14(27)15(28)19(34-21)20(30)31/h1-5,14-16,19,21-25,27-29H,(H,30,31)/t14-,15+,16+,19+,21-/m1/s1. The third-order valence-electron chi connectivity index (χ3n) is 5.20. The maximum atomic E-state index is 13.2. The smallest absolute Gasteiger partial charge is 0.335 e. The van der Waals surface area contributed by atoms with E-state index >= 15 is 0 Å². The number of aliphatic hydroxyl groups is 3. The van der Waals surface area contributed by atoms with E-state index in [9.17, 15) is 50.4 Å². The normalized spacial score (nSPS) is 24.7. The number of aliphatic hydroxyl groups excluding tert-OH is 3. The van der Waals surface area contributed by atoms with E-state index in [0.29, 0.717) is 0 Å². The Labute approximate surface area is 188 Å². The van der Waals surface area contributed by atoms with Crippen LogP contribution >= 0.6 is 0 Å². The summed E-state index contributed by atoms with van der Waals surface area (Å²) in [5, 5.41) is 78.3. The third kappa shape index (κ3) is 3.82. The third-order valence-corrected chi connectivity index (χ3v) is 5.20. The van der Waals surface area contributed by atoms with Gasteiger partial charge in [0.05, 0.1) is 0 Å². The molecular formula is C21H18O13. The van der Waals surface area contributed by atoms with E-state index < -0.39 is 82.0 Å². The lowest BCUT2D eigenvalue weighted by Crippen LogP contribution is -2.61. The van der Waals surface area contributed by atoms with Gasteiger partial charge >= 0.3 is 5.97 Å². The molecule has 1 saturated heterocycles. The average Bonchev–Trinajstić information content (AvgIpc) is 2.76. The minimum atomic E-state index is -2.03. The Morgan fingerprint density at radius 3 is 2.24 bits per heavy atom. The summed E-state index contributed by atoms with van der Waals surface area (Å²) < 4.78 is 16.1. The second-order valence-electron chi connectivity index (χ2n) is 7.48. The maximum Gasteiger partial charge on any atom is 0.335 e. The highest BCUT2D eigenvalue weighted by atomic mass is 16.7. The molecule has 0 amide bonds. The molecule has 0 spiro atoms. The molecule has 0 aliphatic carbocycles. The van der Waals surface area contributed by atoms with Crippen LogP contribution in [-0.2, 0) is 9.53 Å². The van der Waals surface area contributed by atoms with Crippen molar-refractivity contribution in [1.29, 1.82) is 0 Å². The van der Waals surface area contributed by atoms with Gasteiger partial charge in [0.25, 0.3) is 0 Å². The molecular weight excluding hydrogens is 460 g/mol. The summed E-state index contributed by atoms with van der Waals surface area (Å²) >= 11 is 0. The summed E-state index contributed by atoms with van der Waals surface area (Å²) in [5.74, 6) is -5.11. The Balaban J connectivity index is 1.91. The lowest BCUT2D eigenvalue weighted by atomic mass is 9.99. The van der Waals surface area contributed by atoms with Crippen LogP contribution in [0.25, 0.3) is 22.3 Å². The molecule has 1 fully saturated rings. The largest absolute Gasteiger partial charge is 0.508 e. The number of phenolic OH excluding ortho intramolecular Hbond substituents is 4. The number of rotatable bonds is 4. The number of fused-ring (bicyclic) bond motifs is 1. The van der Waals surface area contributed by atoms with E-state index in [1.165, 1.54) is 6.07 Å². The van der Waals surface area contributed by atoms with Crippen LogP contribution in [0.4, 0.5) is 0 Å². The molecule has 0 radical (unpaired) electrons. The van der Waals surface area contributed by atoms with Gasteiger partial charge in [0.2, 0.25) is 17.5 Å². The first-order chi connectivity index (χ1) is 16.0. The predicted octanol–water partition coefficient (Wildman–Crippen LogP) is -0.447. The first-order valence-electron chi connectivity index (χ1n) is 9.64. The fourth-order valence-corrected chi connectivity index (χ4v) is 3.50. The summed E-state index contributed by atoms with van der Waals surface area (Å²) in [4.78, 5) is 24.6. The summed E-state index contributed by atoms with van der Waals surface area (Å²) in [7, 11) is 0. The number of hydrogen-bond acceptors (Lipinski definition) is 12. The molecule has 0 bridgehead atoms. The van der Waals surface area contributed by atoms with Crippen LogP contribution < -0.4 is 10.2 Å². The van der Waals surface area contributed by atoms with Crippen molar-refractivity contribution in [3.63, 3.8) is 0 Å². The SMILES string of the molecule is O=C(O)[C@H]1O[C@@H](Oc2c(-c3ccc(O)c(O)c3)oc3cc(O)cc(O)c3c2=O)[C@@H](O)[C@H](O)[C@@H]1O. The predicted molar refractivity (Wildman–Crippen MR) is 110 cm³/mol. The van der Waals surface area contributed by atoms with Gasteiger partial charge in [-0.25, -0.2) is 4.79 Å². The summed E-state index contributed by atoms with van der Waals surface area (Å²) in [6.07, 6.45) is -10.1. The number of aromatic hydroxyl groups is 4. The van der Waals surface area contributed by atoms with Gasteiger partial charge in [0.15, 0.2) is 23.4 Å². The zero-order valence-electron chi connectivity index (χ0n) is 16.9. The number of carbonyl (C=O) groups is 1. The van der Waals surface area contributed by atoms with Gasteiger partial charge in [0, 0.05) is 17.7 Å². The number of hydrogen-bond donors (Lipinski definition) is 8. The highest BCUT2D eigenvalue weighted by Crippen LogP contribution is 2.39. The Hall–Kier alpha value is -4.04. The van der Waals surface area contributed by atoms with E-state index in [2.05, 4.69) is 0 Å². The van der Waals surface area contributed by atoms with E-state index in [-0.39, 0.29) is 11.1 Å². The first-order valence-corrected chi connectivity index (χ1v) is 9.64. The van der Waals surface area contributed by atoms with E-state index in [4.69, 9.17) is 13.9 Å². The lowest BCUT2D eigenvalue weighted by Gasteiger charge is -2.38. The number of phenols is 4. The van der Waals surface area contributed by atoms with Crippen LogP contribution in [0.3, 0.4) is 0 Å². The van der Waals surface area contributed by atoms with Crippen molar-refractivity contribution >= 4 is 16.9 Å². The molecule has 13 nitrogen and oxygen atoms in total. The van der Waals surface area contributed by atoms with E-state index in [1.807, 2.05) is 0 Å². The highest BCUT2D eigenvalue weighted by molar-refractivity contribution is 5.88. The zero-order chi connectivity index (χ0) is 24.9. The minimum absolute atomic E-state index is 0.0483. The van der Waals surface area contributed by atoms with Gasteiger partial charge < -0.3 is 54.7 Å². The van der Waals surface area contributed by atoms with Gasteiger partial charge in [0.1, 0.15) is 40.8 Å². The van der Waals surface area contributed by atoms with Crippen LogP contribution in [0, 0.1) is 0 Å². The summed E-state index contributed by atoms with van der Waals surface area (Å²) in [6, 6.07) is 5.13. The molecule has 3 aromatic rings. The molecule has 180 valence electrons. The van der Waals surface area contributed by atoms with Gasteiger partial charge in [-0.2, -0.15) is 0 Å². The number of carboxylic acid groups (broad SMARTS) is 1. The molecule has 1 aliphatic heterocycles. The molecule has 1 aromatic heterocycles. The molecule has 0 saturated carbocycles. The average molecular weight is 478 g/mol. The van der Waals surface area contributed by atoms with E-state index in [1.54, 1.807) is 0 Å². The van der Waals surface area contributed by atoms with E-state index in [0.717, 1.165) is 24.3 Å².